The molecule has 84 valence electrons. The Morgan fingerprint density at radius 1 is 1.33 bits per heavy atom. The molecule has 0 aliphatic heterocycles. The molecule has 1 aromatic rings. The van der Waals surface area contributed by atoms with Crippen LogP contribution in [0.25, 0.3) is 0 Å². The van der Waals surface area contributed by atoms with E-state index in [-0.39, 0.29) is 5.92 Å². The molecule has 0 saturated carbocycles. The Morgan fingerprint density at radius 2 is 2.07 bits per heavy atom. The molecule has 0 nitrogen and oxygen atoms in total. The second-order valence-electron chi connectivity index (χ2n) is 3.75. The molecule has 0 fully saturated rings. The predicted molar refractivity (Wildman–Crippen MR) is 59.2 cm³/mol. The highest BCUT2D eigenvalue weighted by atomic mass is 35.5. The van der Waals surface area contributed by atoms with Gasteiger partial charge in [0.15, 0.2) is 0 Å². The highest BCUT2D eigenvalue weighted by Gasteiger charge is 2.11. The van der Waals surface area contributed by atoms with E-state index in [4.69, 9.17) is 11.6 Å². The Bertz CT molecular complexity index is 312. The van der Waals surface area contributed by atoms with Gasteiger partial charge in [-0.3, -0.25) is 0 Å². The van der Waals surface area contributed by atoms with E-state index in [1.807, 2.05) is 0 Å². The van der Waals surface area contributed by atoms with Crippen LogP contribution in [0.1, 0.15) is 25.3 Å². The zero-order chi connectivity index (χ0) is 11.3. The van der Waals surface area contributed by atoms with Crippen LogP contribution in [0.15, 0.2) is 18.2 Å². The van der Waals surface area contributed by atoms with Crippen molar-refractivity contribution < 1.29 is 8.78 Å². The van der Waals surface area contributed by atoms with Crippen molar-refractivity contribution in [3.63, 3.8) is 0 Å². The molecule has 0 aliphatic carbocycles. The maximum absolute atomic E-state index is 13.3. The van der Waals surface area contributed by atoms with E-state index < -0.39 is 11.6 Å². The van der Waals surface area contributed by atoms with Gasteiger partial charge in [0.2, 0.25) is 0 Å². The lowest BCUT2D eigenvalue weighted by Gasteiger charge is -2.13. The molecular formula is C12H15ClF2. The first kappa shape index (κ1) is 12.4. The summed E-state index contributed by atoms with van der Waals surface area (Å²) in [7, 11) is 0. The lowest BCUT2D eigenvalue weighted by atomic mass is 9.96. The zero-order valence-electron chi connectivity index (χ0n) is 8.77. The number of alkyl halides is 1. The molecule has 0 radical (unpaired) electrons. The average Bonchev–Trinajstić information content (AvgIpc) is 2.21. The van der Waals surface area contributed by atoms with Crippen LogP contribution in [0, 0.1) is 17.6 Å². The Balaban J connectivity index is 2.70. The van der Waals surface area contributed by atoms with Crippen molar-refractivity contribution in [1.29, 1.82) is 0 Å². The van der Waals surface area contributed by atoms with E-state index in [0.29, 0.717) is 17.9 Å². The summed E-state index contributed by atoms with van der Waals surface area (Å²) in [6.07, 6.45) is 2.59. The second-order valence-corrected chi connectivity index (χ2v) is 4.06. The number of halogens is 3. The molecule has 1 rings (SSSR count). The third kappa shape index (κ3) is 3.78. The number of benzene rings is 1. The van der Waals surface area contributed by atoms with Crippen molar-refractivity contribution in [3.05, 3.63) is 35.4 Å². The molecular weight excluding hydrogens is 218 g/mol. The molecule has 0 N–H and O–H groups in total. The Hall–Kier alpha value is -0.630. The predicted octanol–water partition coefficient (Wildman–Crippen LogP) is 4.16. The van der Waals surface area contributed by atoms with Gasteiger partial charge in [-0.05, 0) is 30.4 Å². The molecule has 0 amide bonds. The third-order valence-corrected chi connectivity index (χ3v) is 2.88. The minimum absolute atomic E-state index is 0.275. The summed E-state index contributed by atoms with van der Waals surface area (Å²) in [6, 6.07) is 3.71. The minimum Gasteiger partial charge on any atom is -0.207 e. The van der Waals surface area contributed by atoms with Gasteiger partial charge in [0.1, 0.15) is 11.6 Å². The smallest absolute Gasteiger partial charge is 0.129 e. The Morgan fingerprint density at radius 3 is 2.60 bits per heavy atom. The van der Waals surface area contributed by atoms with Crippen molar-refractivity contribution in [2.24, 2.45) is 5.92 Å². The zero-order valence-corrected chi connectivity index (χ0v) is 9.53. The van der Waals surface area contributed by atoms with Gasteiger partial charge in [0.05, 0.1) is 0 Å². The van der Waals surface area contributed by atoms with Crippen LogP contribution in [-0.4, -0.2) is 5.88 Å². The monoisotopic (exact) mass is 232 g/mol. The number of hydrogen-bond acceptors (Lipinski definition) is 0. The summed E-state index contributed by atoms with van der Waals surface area (Å²) in [5.74, 6) is -0.211. The van der Waals surface area contributed by atoms with E-state index in [0.717, 1.165) is 18.9 Å². The standard InChI is InChI=1S/C12H15ClF2/c1-2-3-9(8-13)6-10-4-5-11(14)7-12(10)15/h4-5,7,9H,2-3,6,8H2,1H3. The van der Waals surface area contributed by atoms with Crippen LogP contribution in [0.2, 0.25) is 0 Å². The van der Waals surface area contributed by atoms with Crippen molar-refractivity contribution in [3.8, 4) is 0 Å². The van der Waals surface area contributed by atoms with Gasteiger partial charge < -0.3 is 0 Å². The molecule has 0 spiro atoms. The fraction of sp³-hybridized carbons (Fsp3) is 0.500. The topological polar surface area (TPSA) is 0 Å². The molecule has 0 heterocycles. The molecule has 0 saturated heterocycles. The first-order valence-corrected chi connectivity index (χ1v) is 5.70. The van der Waals surface area contributed by atoms with Crippen LogP contribution in [0.3, 0.4) is 0 Å². The quantitative estimate of drug-likeness (QED) is 0.669. The first-order chi connectivity index (χ1) is 7.17. The van der Waals surface area contributed by atoms with Gasteiger partial charge in [0.25, 0.3) is 0 Å². The molecule has 0 aliphatic rings. The fourth-order valence-corrected chi connectivity index (χ4v) is 1.90. The van der Waals surface area contributed by atoms with Crippen molar-refractivity contribution in [2.75, 3.05) is 5.88 Å². The Kier molecular flexibility index (Phi) is 5.03. The van der Waals surface area contributed by atoms with E-state index in [2.05, 4.69) is 6.92 Å². The molecule has 1 unspecified atom stereocenters. The first-order valence-electron chi connectivity index (χ1n) is 5.17. The van der Waals surface area contributed by atoms with Crippen LogP contribution in [0.4, 0.5) is 8.78 Å². The Labute approximate surface area is 94.3 Å². The second kappa shape index (κ2) is 6.06. The molecule has 1 atom stereocenters. The highest BCUT2D eigenvalue weighted by molar-refractivity contribution is 6.18. The largest absolute Gasteiger partial charge is 0.207 e. The van der Waals surface area contributed by atoms with Crippen LogP contribution in [-0.2, 0) is 6.42 Å². The van der Waals surface area contributed by atoms with E-state index >= 15 is 0 Å². The van der Waals surface area contributed by atoms with Gasteiger partial charge in [-0.15, -0.1) is 11.6 Å². The number of rotatable bonds is 5. The number of hydrogen-bond donors (Lipinski definition) is 0. The van der Waals surface area contributed by atoms with Crippen molar-refractivity contribution in [1.82, 2.24) is 0 Å². The van der Waals surface area contributed by atoms with Gasteiger partial charge in [0, 0.05) is 11.9 Å². The summed E-state index contributed by atoms with van der Waals surface area (Å²) in [5.41, 5.74) is 0.551. The fourth-order valence-electron chi connectivity index (χ4n) is 1.64. The van der Waals surface area contributed by atoms with E-state index in [1.165, 1.54) is 12.1 Å². The molecule has 15 heavy (non-hydrogen) atoms. The van der Waals surface area contributed by atoms with Crippen molar-refractivity contribution in [2.45, 2.75) is 26.2 Å². The maximum Gasteiger partial charge on any atom is 0.129 e. The third-order valence-electron chi connectivity index (χ3n) is 2.44. The summed E-state index contributed by atoms with van der Waals surface area (Å²) in [5, 5.41) is 0. The van der Waals surface area contributed by atoms with Gasteiger partial charge >= 0.3 is 0 Å². The van der Waals surface area contributed by atoms with Gasteiger partial charge in [-0.2, -0.15) is 0 Å². The highest BCUT2D eigenvalue weighted by Crippen LogP contribution is 2.18. The van der Waals surface area contributed by atoms with Crippen LogP contribution in [0.5, 0.6) is 0 Å². The lowest BCUT2D eigenvalue weighted by Crippen LogP contribution is -2.07. The van der Waals surface area contributed by atoms with Gasteiger partial charge in [-0.25, -0.2) is 8.78 Å². The minimum atomic E-state index is -0.533. The van der Waals surface area contributed by atoms with Crippen molar-refractivity contribution >= 4 is 11.6 Å². The van der Waals surface area contributed by atoms with Crippen LogP contribution < -0.4 is 0 Å². The molecule has 0 aromatic heterocycles. The summed E-state index contributed by atoms with van der Waals surface area (Å²) >= 11 is 5.78. The maximum atomic E-state index is 13.3. The normalized spacial score (nSPS) is 12.8. The molecule has 3 heteroatoms. The lowest BCUT2D eigenvalue weighted by molar-refractivity contribution is 0.504. The molecule has 0 bridgehead atoms. The summed E-state index contributed by atoms with van der Waals surface area (Å²) in [4.78, 5) is 0. The molecule has 1 aromatic carbocycles. The van der Waals surface area contributed by atoms with E-state index in [1.54, 1.807) is 0 Å². The van der Waals surface area contributed by atoms with E-state index in [9.17, 15) is 8.78 Å². The SMILES string of the molecule is CCCC(CCl)Cc1ccc(F)cc1F. The van der Waals surface area contributed by atoms with Gasteiger partial charge in [-0.1, -0.05) is 19.4 Å². The summed E-state index contributed by atoms with van der Waals surface area (Å²) in [6.45, 7) is 2.07. The summed E-state index contributed by atoms with van der Waals surface area (Å²) < 4.78 is 26.0. The average molecular weight is 233 g/mol. The van der Waals surface area contributed by atoms with Crippen LogP contribution >= 0.6 is 11.6 Å².